The van der Waals surface area contributed by atoms with Gasteiger partial charge in [-0.3, -0.25) is 4.98 Å². The van der Waals surface area contributed by atoms with Crippen LogP contribution in [0.4, 0.5) is 0 Å². The van der Waals surface area contributed by atoms with Gasteiger partial charge >= 0.3 is 0 Å². The molecule has 1 heterocycles. The van der Waals surface area contributed by atoms with Crippen LogP contribution in [0.5, 0.6) is 0 Å². The second-order valence-corrected chi connectivity index (χ2v) is 6.31. The average Bonchev–Trinajstić information content (AvgIpc) is 2.61. The first-order valence-electron chi connectivity index (χ1n) is 8.07. The summed E-state index contributed by atoms with van der Waals surface area (Å²) in [6, 6.07) is 13.0. The minimum Gasteiger partial charge on any atom is -0.383 e. The topological polar surface area (TPSA) is 33.1 Å². The van der Waals surface area contributed by atoms with Gasteiger partial charge in [0.2, 0.25) is 0 Å². The molecule has 0 amide bonds. The number of aromatic nitrogens is 1. The first-order valence-corrected chi connectivity index (χ1v) is 8.45. The lowest BCUT2D eigenvalue weighted by molar-refractivity contribution is 0.238. The number of halogens is 1. The van der Waals surface area contributed by atoms with Gasteiger partial charge < -0.3 is 5.11 Å². The second-order valence-electron chi connectivity index (χ2n) is 5.87. The minimum atomic E-state index is -0.753. The van der Waals surface area contributed by atoms with E-state index in [9.17, 15) is 5.11 Å². The predicted molar refractivity (Wildman–Crippen MR) is 94.2 cm³/mol. The first-order chi connectivity index (χ1) is 11.2. The summed E-state index contributed by atoms with van der Waals surface area (Å²) in [5.74, 6) is 0. The van der Waals surface area contributed by atoms with Crippen molar-refractivity contribution in [2.45, 2.75) is 38.2 Å². The fourth-order valence-corrected chi connectivity index (χ4v) is 3.03. The van der Waals surface area contributed by atoms with Gasteiger partial charge in [0.15, 0.2) is 0 Å². The monoisotopic (exact) mass is 325 g/mol. The Morgan fingerprint density at radius 3 is 2.43 bits per heavy atom. The van der Waals surface area contributed by atoms with Gasteiger partial charge in [0.25, 0.3) is 0 Å². The van der Waals surface area contributed by atoms with Crippen LogP contribution < -0.4 is 0 Å². The first kappa shape index (κ1) is 16.0. The molecule has 1 aliphatic carbocycles. The SMILES string of the molecule is OC(C(=C=C1CCCCC1)c1ccccn1)c1ccc(Cl)cc1. The van der Waals surface area contributed by atoms with E-state index in [1.54, 1.807) is 18.3 Å². The Labute approximate surface area is 142 Å². The highest BCUT2D eigenvalue weighted by Gasteiger charge is 2.17. The molecule has 1 aromatic carbocycles. The zero-order valence-electron chi connectivity index (χ0n) is 13.0. The zero-order valence-corrected chi connectivity index (χ0v) is 13.8. The van der Waals surface area contributed by atoms with E-state index in [4.69, 9.17) is 11.6 Å². The molecule has 1 fully saturated rings. The van der Waals surface area contributed by atoms with E-state index < -0.39 is 6.10 Å². The highest BCUT2D eigenvalue weighted by atomic mass is 35.5. The van der Waals surface area contributed by atoms with Gasteiger partial charge in [-0.25, -0.2) is 0 Å². The predicted octanol–water partition coefficient (Wildman–Crippen LogP) is 5.34. The quantitative estimate of drug-likeness (QED) is 0.772. The van der Waals surface area contributed by atoms with Gasteiger partial charge in [0.05, 0.1) is 11.3 Å². The summed E-state index contributed by atoms with van der Waals surface area (Å²) in [4.78, 5) is 4.41. The number of hydrogen-bond donors (Lipinski definition) is 1. The van der Waals surface area contributed by atoms with E-state index in [0.717, 1.165) is 29.7 Å². The smallest absolute Gasteiger partial charge is 0.113 e. The minimum absolute atomic E-state index is 0.662. The number of pyridine rings is 1. The largest absolute Gasteiger partial charge is 0.383 e. The molecule has 118 valence electrons. The lowest BCUT2D eigenvalue weighted by atomic mass is 9.92. The van der Waals surface area contributed by atoms with E-state index in [0.29, 0.717) is 5.02 Å². The molecule has 3 heteroatoms. The lowest BCUT2D eigenvalue weighted by Crippen LogP contribution is -2.03. The Hall–Kier alpha value is -1.86. The summed E-state index contributed by atoms with van der Waals surface area (Å²) in [5.41, 5.74) is 7.07. The van der Waals surface area contributed by atoms with Crippen LogP contribution >= 0.6 is 11.6 Å². The van der Waals surface area contributed by atoms with E-state index in [1.165, 1.54) is 24.8 Å². The summed E-state index contributed by atoms with van der Waals surface area (Å²) in [7, 11) is 0. The highest BCUT2D eigenvalue weighted by molar-refractivity contribution is 6.30. The van der Waals surface area contributed by atoms with Gasteiger partial charge in [0.1, 0.15) is 6.10 Å². The third-order valence-electron chi connectivity index (χ3n) is 4.17. The Morgan fingerprint density at radius 2 is 1.78 bits per heavy atom. The van der Waals surface area contributed by atoms with Crippen LogP contribution in [0.1, 0.15) is 49.5 Å². The fourth-order valence-electron chi connectivity index (χ4n) is 2.90. The molecule has 0 radical (unpaired) electrons. The van der Waals surface area contributed by atoms with Crippen molar-refractivity contribution in [3.63, 3.8) is 0 Å². The Bertz CT molecular complexity index is 707. The molecule has 1 atom stereocenters. The molecule has 1 N–H and O–H groups in total. The van der Waals surface area contributed by atoms with Crippen molar-refractivity contribution < 1.29 is 5.11 Å². The number of aliphatic hydroxyl groups excluding tert-OH is 1. The number of hydrogen-bond acceptors (Lipinski definition) is 2. The molecule has 0 aliphatic heterocycles. The van der Waals surface area contributed by atoms with Gasteiger partial charge in [-0.15, -0.1) is 5.73 Å². The normalized spacial score (nSPS) is 15.8. The number of aliphatic hydroxyl groups is 1. The maximum absolute atomic E-state index is 10.9. The molecule has 1 aromatic heterocycles. The van der Waals surface area contributed by atoms with E-state index >= 15 is 0 Å². The number of nitrogens with zero attached hydrogens (tertiary/aromatic N) is 1. The second kappa shape index (κ2) is 7.61. The molecule has 0 saturated heterocycles. The third-order valence-corrected chi connectivity index (χ3v) is 4.42. The maximum atomic E-state index is 10.9. The van der Waals surface area contributed by atoms with Crippen molar-refractivity contribution in [3.8, 4) is 0 Å². The average molecular weight is 326 g/mol. The summed E-state index contributed by atoms with van der Waals surface area (Å²) in [6.07, 6.45) is 6.80. The molecule has 1 aliphatic rings. The maximum Gasteiger partial charge on any atom is 0.113 e. The molecule has 0 bridgehead atoms. The van der Waals surface area contributed by atoms with Crippen LogP contribution in [-0.2, 0) is 0 Å². The molecule has 2 nitrogen and oxygen atoms in total. The van der Waals surface area contributed by atoms with Crippen molar-refractivity contribution in [2.24, 2.45) is 0 Å². The van der Waals surface area contributed by atoms with Gasteiger partial charge in [-0.1, -0.05) is 36.2 Å². The summed E-state index contributed by atoms with van der Waals surface area (Å²) in [5, 5.41) is 11.5. The molecule has 3 rings (SSSR count). The van der Waals surface area contributed by atoms with Crippen LogP contribution in [0.3, 0.4) is 0 Å². The summed E-state index contributed by atoms with van der Waals surface area (Å²) in [6.45, 7) is 0. The van der Waals surface area contributed by atoms with Crippen LogP contribution in [-0.4, -0.2) is 10.1 Å². The Morgan fingerprint density at radius 1 is 1.04 bits per heavy atom. The van der Waals surface area contributed by atoms with Crippen LogP contribution in [0, 0.1) is 0 Å². The molecule has 23 heavy (non-hydrogen) atoms. The van der Waals surface area contributed by atoms with Crippen LogP contribution in [0.2, 0.25) is 5.02 Å². The Balaban J connectivity index is 2.04. The van der Waals surface area contributed by atoms with Gasteiger partial charge in [-0.2, -0.15) is 0 Å². The molecular formula is C20H20ClNO. The number of rotatable bonds is 3. The highest BCUT2D eigenvalue weighted by Crippen LogP contribution is 2.31. The van der Waals surface area contributed by atoms with Crippen molar-refractivity contribution in [3.05, 3.63) is 76.2 Å². The van der Waals surface area contributed by atoms with Crippen LogP contribution in [0.25, 0.3) is 5.57 Å². The Kier molecular flexibility index (Phi) is 5.30. The molecule has 1 unspecified atom stereocenters. The van der Waals surface area contributed by atoms with E-state index in [1.807, 2.05) is 30.3 Å². The van der Waals surface area contributed by atoms with Gasteiger partial charge in [-0.05, 0) is 61.1 Å². The van der Waals surface area contributed by atoms with E-state index in [-0.39, 0.29) is 0 Å². The van der Waals surface area contributed by atoms with Crippen molar-refractivity contribution in [2.75, 3.05) is 0 Å². The fraction of sp³-hybridized carbons (Fsp3) is 0.300. The molecule has 1 saturated carbocycles. The van der Waals surface area contributed by atoms with E-state index in [2.05, 4.69) is 10.7 Å². The molecule has 2 aromatic rings. The van der Waals surface area contributed by atoms with Crippen molar-refractivity contribution in [1.29, 1.82) is 0 Å². The van der Waals surface area contributed by atoms with Gasteiger partial charge in [0, 0.05) is 11.2 Å². The summed E-state index contributed by atoms with van der Waals surface area (Å²) < 4.78 is 0. The number of benzene rings is 1. The summed E-state index contributed by atoms with van der Waals surface area (Å²) >= 11 is 5.95. The lowest BCUT2D eigenvalue weighted by Gasteiger charge is -2.16. The third kappa shape index (κ3) is 4.11. The van der Waals surface area contributed by atoms with Crippen LogP contribution in [0.15, 0.2) is 60.0 Å². The zero-order chi connectivity index (χ0) is 16.1. The van der Waals surface area contributed by atoms with Crippen molar-refractivity contribution in [1.82, 2.24) is 4.98 Å². The molecular weight excluding hydrogens is 306 g/mol. The molecule has 0 spiro atoms. The standard InChI is InChI=1S/C20H20ClNO/c21-17-11-9-16(10-12-17)20(23)18(19-8-4-5-13-22-19)14-15-6-2-1-3-7-15/h4-5,8-13,20,23H,1-3,6-7H2. The van der Waals surface area contributed by atoms with Crippen molar-refractivity contribution >= 4 is 17.2 Å².